The average Bonchev–Trinajstić information content (AvgIpc) is 2.91. The van der Waals surface area contributed by atoms with Crippen molar-refractivity contribution < 1.29 is 0 Å². The van der Waals surface area contributed by atoms with Gasteiger partial charge in [0.05, 0.1) is 0 Å². The van der Waals surface area contributed by atoms with Gasteiger partial charge in [-0.1, -0.05) is 0 Å². The fourth-order valence-electron chi connectivity index (χ4n) is 2.73. The first-order valence-corrected chi connectivity index (χ1v) is 9.00. The van der Waals surface area contributed by atoms with Crippen LogP contribution in [0.5, 0.6) is 0 Å². The third-order valence-corrected chi connectivity index (χ3v) is 6.57. The summed E-state index contributed by atoms with van der Waals surface area (Å²) >= 11 is 4.02. The van der Waals surface area contributed by atoms with Crippen molar-refractivity contribution in [3.63, 3.8) is 0 Å². The molecule has 96 valence electrons. The first-order valence-electron chi connectivity index (χ1n) is 6.49. The number of benzene rings is 3. The molecule has 4 aromatic rings. The van der Waals surface area contributed by atoms with Crippen molar-refractivity contribution in [2.24, 2.45) is 0 Å². The topological polar surface area (TPSA) is 0 Å². The fourth-order valence-corrected chi connectivity index (χ4v) is 5.45. The van der Waals surface area contributed by atoms with Crippen LogP contribution >= 0.6 is 15.9 Å². The van der Waals surface area contributed by atoms with Crippen LogP contribution in [0.25, 0.3) is 31.5 Å². The summed E-state index contributed by atoms with van der Waals surface area (Å²) in [6.45, 7) is 0. The van der Waals surface area contributed by atoms with Crippen molar-refractivity contribution >= 4 is 52.0 Å². The molecule has 1 heterocycles. The normalized spacial score (nSPS) is 11.2. The van der Waals surface area contributed by atoms with Gasteiger partial charge in [0.2, 0.25) is 0 Å². The Bertz CT molecular complexity index is 867. The van der Waals surface area contributed by atoms with Crippen LogP contribution in [0.4, 0.5) is 0 Å². The quantitative estimate of drug-likeness (QED) is 0.300. The van der Waals surface area contributed by atoms with Gasteiger partial charge >= 0.3 is 132 Å². The molecule has 3 aromatic carbocycles. The molecule has 0 nitrogen and oxygen atoms in total. The summed E-state index contributed by atoms with van der Waals surface area (Å²) in [5, 5.41) is 5.35. The monoisotopic (exact) mass is 386 g/mol. The van der Waals surface area contributed by atoms with E-state index < -0.39 is 0 Å². The molecule has 0 amide bonds. The van der Waals surface area contributed by atoms with Gasteiger partial charge in [0.15, 0.2) is 0 Å². The summed E-state index contributed by atoms with van der Waals surface area (Å²) in [6, 6.07) is 24.1. The summed E-state index contributed by atoms with van der Waals surface area (Å²) in [6.07, 6.45) is 0. The first-order chi connectivity index (χ1) is 9.83. The minimum absolute atomic E-state index is 0.382. The van der Waals surface area contributed by atoms with E-state index in [1.54, 1.807) is 0 Å². The van der Waals surface area contributed by atoms with Crippen molar-refractivity contribution in [3.8, 4) is 10.0 Å². The molecule has 0 N–H and O–H groups in total. The van der Waals surface area contributed by atoms with Crippen molar-refractivity contribution in [3.05, 3.63) is 70.1 Å². The number of hydrogen-bond acceptors (Lipinski definition) is 0. The Kier molecular flexibility index (Phi) is 3.03. The van der Waals surface area contributed by atoms with Crippen LogP contribution < -0.4 is 0 Å². The van der Waals surface area contributed by atoms with E-state index in [0.717, 1.165) is 0 Å². The predicted octanol–water partition coefficient (Wildman–Crippen LogP) is 5.48. The molecule has 0 radical (unpaired) electrons. The zero-order valence-electron chi connectivity index (χ0n) is 10.6. The summed E-state index contributed by atoms with van der Waals surface area (Å²) < 4.78 is 2.77. The van der Waals surface area contributed by atoms with E-state index in [2.05, 4.69) is 82.7 Å². The summed E-state index contributed by atoms with van der Waals surface area (Å²) in [4.78, 5) is 0. The molecule has 0 saturated carbocycles. The number of halogens is 1. The van der Waals surface area contributed by atoms with Gasteiger partial charge in [-0.3, -0.25) is 0 Å². The van der Waals surface area contributed by atoms with Gasteiger partial charge in [-0.2, -0.15) is 0 Å². The first kappa shape index (κ1) is 12.4. The molecule has 0 unspecified atom stereocenters. The molecule has 0 aliphatic heterocycles. The van der Waals surface area contributed by atoms with E-state index in [4.69, 9.17) is 0 Å². The molecule has 1 aromatic heterocycles. The van der Waals surface area contributed by atoms with E-state index >= 15 is 0 Å². The molecule has 0 saturated heterocycles. The zero-order chi connectivity index (χ0) is 13.5. The number of hydrogen-bond donors (Lipinski definition) is 0. The van der Waals surface area contributed by atoms with Crippen molar-refractivity contribution in [2.75, 3.05) is 0 Å². The molecule has 0 atom stereocenters. The zero-order valence-corrected chi connectivity index (χ0v) is 13.9. The number of fused-ring (bicyclic) bond motifs is 2. The van der Waals surface area contributed by atoms with Crippen LogP contribution in [0.1, 0.15) is 0 Å². The Morgan fingerprint density at radius 1 is 0.700 bits per heavy atom. The van der Waals surface area contributed by atoms with Crippen molar-refractivity contribution in [1.82, 2.24) is 0 Å². The molecule has 0 spiro atoms. The van der Waals surface area contributed by atoms with Crippen LogP contribution in [0.2, 0.25) is 0 Å². The Balaban J connectivity index is 2.23. The third kappa shape index (κ3) is 1.96. The van der Waals surface area contributed by atoms with Crippen LogP contribution in [0.15, 0.2) is 70.1 Å². The average molecular weight is 386 g/mol. The Labute approximate surface area is 131 Å². The van der Waals surface area contributed by atoms with Gasteiger partial charge in [0.25, 0.3) is 0 Å². The summed E-state index contributed by atoms with van der Waals surface area (Å²) in [5.41, 5.74) is 1.41. The second-order valence-corrected chi connectivity index (χ2v) is 9.11. The van der Waals surface area contributed by atoms with Gasteiger partial charge in [-0.05, 0) is 0 Å². The van der Waals surface area contributed by atoms with Gasteiger partial charge in [0, 0.05) is 0 Å². The Hall–Kier alpha value is -1.34. The third-order valence-electron chi connectivity index (χ3n) is 3.59. The van der Waals surface area contributed by atoms with Crippen LogP contribution in [0, 0.1) is 0 Å². The van der Waals surface area contributed by atoms with Gasteiger partial charge < -0.3 is 0 Å². The molecule has 20 heavy (non-hydrogen) atoms. The van der Waals surface area contributed by atoms with Gasteiger partial charge in [0.1, 0.15) is 0 Å². The van der Waals surface area contributed by atoms with E-state index in [1.165, 1.54) is 34.9 Å². The number of rotatable bonds is 1. The molecule has 2 heteroatoms. The summed E-state index contributed by atoms with van der Waals surface area (Å²) in [7, 11) is 0. The van der Waals surface area contributed by atoms with Crippen LogP contribution in [-0.4, -0.2) is 14.5 Å². The fraction of sp³-hybridized carbons (Fsp3) is 0. The molecule has 4 rings (SSSR count). The second kappa shape index (κ2) is 4.89. The van der Waals surface area contributed by atoms with Gasteiger partial charge in [-0.25, -0.2) is 0 Å². The maximum absolute atomic E-state index is 3.64. The van der Waals surface area contributed by atoms with E-state index in [-0.39, 0.29) is 0 Å². The van der Waals surface area contributed by atoms with E-state index in [0.29, 0.717) is 14.5 Å². The Morgan fingerprint density at radius 2 is 1.30 bits per heavy atom. The summed E-state index contributed by atoms with van der Waals surface area (Å²) in [5.74, 6) is 0. The van der Waals surface area contributed by atoms with E-state index in [1.807, 2.05) is 0 Å². The molecule has 0 aliphatic carbocycles. The molecule has 0 aliphatic rings. The standard InChI is InChI=1S/C18H11BrSe/c19-17-10-9-16(20-17)18-14-7-3-1-5-12(14)11-13-6-2-4-8-15(13)18/h1-11H. The van der Waals surface area contributed by atoms with E-state index in [9.17, 15) is 0 Å². The predicted molar refractivity (Wildman–Crippen MR) is 91.5 cm³/mol. The second-order valence-electron chi connectivity index (χ2n) is 4.80. The van der Waals surface area contributed by atoms with Crippen LogP contribution in [-0.2, 0) is 0 Å². The minimum atomic E-state index is 0.382. The molecular weight excluding hydrogens is 375 g/mol. The maximum atomic E-state index is 3.64. The van der Waals surface area contributed by atoms with Crippen LogP contribution in [0.3, 0.4) is 0 Å². The van der Waals surface area contributed by atoms with Crippen molar-refractivity contribution in [2.45, 2.75) is 0 Å². The molecule has 0 bridgehead atoms. The Morgan fingerprint density at radius 3 is 1.85 bits per heavy atom. The van der Waals surface area contributed by atoms with Crippen molar-refractivity contribution in [1.29, 1.82) is 0 Å². The molecule has 0 fully saturated rings. The SMILES string of the molecule is Brc1ccc(-c2c3ccccc3cc3ccccc23)[se]1. The molecular formula is C18H11BrSe. The van der Waals surface area contributed by atoms with Gasteiger partial charge in [-0.15, -0.1) is 0 Å².